The lowest BCUT2D eigenvalue weighted by atomic mass is 9.81. The van der Waals surface area contributed by atoms with Crippen molar-refractivity contribution in [3.63, 3.8) is 0 Å². The van der Waals surface area contributed by atoms with Crippen molar-refractivity contribution in [2.24, 2.45) is 0 Å². The molecule has 2 aromatic carbocycles. The van der Waals surface area contributed by atoms with Crippen molar-refractivity contribution in [1.82, 2.24) is 14.9 Å². The molecule has 2 atom stereocenters. The molecule has 0 bridgehead atoms. The van der Waals surface area contributed by atoms with Crippen molar-refractivity contribution >= 4 is 34.6 Å². The zero-order valence-electron chi connectivity index (χ0n) is 28.3. The van der Waals surface area contributed by atoms with Crippen LogP contribution >= 0.6 is 0 Å². The SMILES string of the molecule is CC[C@@]1(O)C(=O)OCc2c1cc1n(c2=O)Cc2c-1nc1cc(F)c(C)c3c1c2[C@@H](NC(=O)Cc1ccc(NC(=O)OC(C)(C)C)cc1F)CC3. The fourth-order valence-corrected chi connectivity index (χ4v) is 7.31. The van der Waals surface area contributed by atoms with Crippen LogP contribution in [0.25, 0.3) is 22.3 Å². The summed E-state index contributed by atoms with van der Waals surface area (Å²) in [5.74, 6) is -2.42. The zero-order chi connectivity index (χ0) is 35.9. The first kappa shape index (κ1) is 33.3. The number of pyridine rings is 2. The van der Waals surface area contributed by atoms with E-state index in [4.69, 9.17) is 14.5 Å². The molecular formula is C37H36F2N4O7. The molecule has 4 aromatic rings. The van der Waals surface area contributed by atoms with Gasteiger partial charge in [0.15, 0.2) is 5.60 Å². The third-order valence-electron chi connectivity index (χ3n) is 9.76. The molecule has 0 fully saturated rings. The van der Waals surface area contributed by atoms with Gasteiger partial charge in [0.1, 0.15) is 23.8 Å². The number of hydrogen-bond acceptors (Lipinski definition) is 8. The van der Waals surface area contributed by atoms with Crippen molar-refractivity contribution < 1.29 is 37.7 Å². The Bertz CT molecular complexity index is 2220. The first-order valence-corrected chi connectivity index (χ1v) is 16.5. The summed E-state index contributed by atoms with van der Waals surface area (Å²) in [6.07, 6.45) is -0.191. The highest BCUT2D eigenvalue weighted by Crippen LogP contribution is 2.46. The Labute approximate surface area is 285 Å². The average Bonchev–Trinajstić information content (AvgIpc) is 3.41. The Morgan fingerprint density at radius 1 is 1.12 bits per heavy atom. The number of aromatic nitrogens is 2. The Hall–Kier alpha value is -5.17. The standard InChI is InChI=1S/C37H36F2N4O7/c1-6-37(48)23-13-28-32-21(15-43(28)33(45)22(23)16-49-34(37)46)31-26(10-9-20-17(2)24(38)14-27(42-32)30(20)31)41-29(44)11-18-7-8-19(12-25(18)39)40-35(47)50-36(3,4)5/h7-8,12-14,26,48H,6,9-11,15-16H2,1-5H3,(H,40,47)(H,41,44)/t26-,37-/m0/s1. The van der Waals surface area contributed by atoms with Gasteiger partial charge in [-0.25, -0.2) is 23.4 Å². The number of fused-ring (bicyclic) bond motifs is 5. The quantitative estimate of drug-likeness (QED) is 0.209. The maximum absolute atomic E-state index is 15.2. The number of nitrogens with one attached hydrogen (secondary N) is 2. The lowest BCUT2D eigenvalue weighted by Crippen LogP contribution is -2.44. The molecule has 0 spiro atoms. The van der Waals surface area contributed by atoms with Gasteiger partial charge in [-0.15, -0.1) is 0 Å². The highest BCUT2D eigenvalue weighted by atomic mass is 19.1. The van der Waals surface area contributed by atoms with E-state index in [1.807, 2.05) is 0 Å². The van der Waals surface area contributed by atoms with Crippen LogP contribution in [0.4, 0.5) is 19.3 Å². The monoisotopic (exact) mass is 686 g/mol. The Kier molecular flexibility index (Phi) is 7.81. The highest BCUT2D eigenvalue weighted by molar-refractivity contribution is 5.94. The second-order valence-corrected chi connectivity index (χ2v) is 14.1. The summed E-state index contributed by atoms with van der Waals surface area (Å²) >= 11 is 0. The van der Waals surface area contributed by atoms with Gasteiger partial charge in [0.2, 0.25) is 5.91 Å². The van der Waals surface area contributed by atoms with Gasteiger partial charge < -0.3 is 24.5 Å². The molecule has 7 rings (SSSR count). The molecule has 13 heteroatoms. The summed E-state index contributed by atoms with van der Waals surface area (Å²) in [4.78, 5) is 56.9. The largest absolute Gasteiger partial charge is 0.458 e. The second kappa shape index (κ2) is 11.7. The number of benzene rings is 2. The van der Waals surface area contributed by atoms with Gasteiger partial charge in [0.25, 0.3) is 5.56 Å². The number of carbonyl (C=O) groups is 3. The van der Waals surface area contributed by atoms with Gasteiger partial charge in [-0.1, -0.05) is 13.0 Å². The summed E-state index contributed by atoms with van der Waals surface area (Å²) in [6.45, 7) is 8.25. The van der Waals surface area contributed by atoms with Crippen LogP contribution in [0.1, 0.15) is 85.5 Å². The van der Waals surface area contributed by atoms with Gasteiger partial charge in [0, 0.05) is 28.3 Å². The van der Waals surface area contributed by atoms with Crippen LogP contribution in [-0.2, 0) is 50.7 Å². The van der Waals surface area contributed by atoms with E-state index in [-0.39, 0.29) is 48.4 Å². The number of halogens is 2. The summed E-state index contributed by atoms with van der Waals surface area (Å²) in [6, 6.07) is 6.37. The molecule has 11 nitrogen and oxygen atoms in total. The van der Waals surface area contributed by atoms with Crippen molar-refractivity contribution in [3.05, 3.63) is 91.3 Å². The summed E-state index contributed by atoms with van der Waals surface area (Å²) < 4.78 is 42.3. The smallest absolute Gasteiger partial charge is 0.412 e. The fourth-order valence-electron chi connectivity index (χ4n) is 7.31. The molecule has 0 unspecified atom stereocenters. The van der Waals surface area contributed by atoms with Crippen LogP contribution in [0.3, 0.4) is 0 Å². The number of esters is 1. The van der Waals surface area contributed by atoms with Gasteiger partial charge in [-0.05, 0) is 87.4 Å². The van der Waals surface area contributed by atoms with Gasteiger partial charge in [-0.3, -0.25) is 14.9 Å². The van der Waals surface area contributed by atoms with Crippen molar-refractivity contribution in [1.29, 1.82) is 0 Å². The first-order chi connectivity index (χ1) is 23.6. The molecule has 260 valence electrons. The first-order valence-electron chi connectivity index (χ1n) is 16.5. The van der Waals surface area contributed by atoms with E-state index < -0.39 is 52.4 Å². The molecular weight excluding hydrogens is 650 g/mol. The van der Waals surface area contributed by atoms with Crippen LogP contribution in [0.15, 0.2) is 35.1 Å². The van der Waals surface area contributed by atoms with E-state index in [2.05, 4.69) is 10.6 Å². The Morgan fingerprint density at radius 3 is 2.58 bits per heavy atom. The molecule has 2 aromatic heterocycles. The van der Waals surface area contributed by atoms with Crippen LogP contribution in [0, 0.1) is 18.6 Å². The van der Waals surface area contributed by atoms with Gasteiger partial charge >= 0.3 is 12.1 Å². The molecule has 0 saturated carbocycles. The second-order valence-electron chi connectivity index (χ2n) is 14.1. The minimum Gasteiger partial charge on any atom is -0.458 e. The third kappa shape index (κ3) is 5.40. The molecule has 2 aliphatic heterocycles. The number of ether oxygens (including phenoxy) is 2. The van der Waals surface area contributed by atoms with E-state index >= 15 is 8.78 Å². The highest BCUT2D eigenvalue weighted by Gasteiger charge is 2.46. The van der Waals surface area contributed by atoms with Crippen molar-refractivity contribution in [3.8, 4) is 11.4 Å². The zero-order valence-corrected chi connectivity index (χ0v) is 28.3. The van der Waals surface area contributed by atoms with Crippen molar-refractivity contribution in [2.45, 2.75) is 90.7 Å². The molecule has 50 heavy (non-hydrogen) atoms. The normalized spacial score (nSPS) is 19.0. The number of nitrogens with zero attached hydrogens (tertiary/aromatic N) is 2. The fraction of sp³-hybridized carbons (Fsp3) is 0.378. The van der Waals surface area contributed by atoms with E-state index in [1.165, 1.54) is 22.8 Å². The predicted molar refractivity (Wildman–Crippen MR) is 178 cm³/mol. The number of rotatable bonds is 5. The lowest BCUT2D eigenvalue weighted by molar-refractivity contribution is -0.172. The topological polar surface area (TPSA) is 149 Å². The molecule has 1 aliphatic carbocycles. The molecule has 0 saturated heterocycles. The number of aliphatic hydroxyl groups is 1. The van der Waals surface area contributed by atoms with E-state index in [0.717, 1.165) is 11.6 Å². The maximum atomic E-state index is 15.2. The number of aryl methyl sites for hydroxylation is 1. The summed E-state index contributed by atoms with van der Waals surface area (Å²) in [5.41, 5.74) is 1.11. The van der Waals surface area contributed by atoms with Crippen molar-refractivity contribution in [2.75, 3.05) is 5.32 Å². The minimum atomic E-state index is -2.01. The predicted octanol–water partition coefficient (Wildman–Crippen LogP) is 5.36. The van der Waals surface area contributed by atoms with Gasteiger partial charge in [0.05, 0.1) is 41.5 Å². The Morgan fingerprint density at radius 2 is 1.88 bits per heavy atom. The number of anilines is 1. The van der Waals surface area contributed by atoms with E-state index in [9.17, 15) is 24.3 Å². The maximum Gasteiger partial charge on any atom is 0.412 e. The average molecular weight is 687 g/mol. The number of cyclic esters (lactones) is 1. The van der Waals surface area contributed by atoms with Crippen LogP contribution in [0.2, 0.25) is 0 Å². The Balaban J connectivity index is 1.25. The number of hydrogen-bond donors (Lipinski definition) is 3. The third-order valence-corrected chi connectivity index (χ3v) is 9.76. The van der Waals surface area contributed by atoms with Crippen LogP contribution < -0.4 is 16.2 Å². The summed E-state index contributed by atoms with van der Waals surface area (Å²) in [7, 11) is 0. The molecule has 3 aliphatic rings. The van der Waals surface area contributed by atoms with E-state index in [0.29, 0.717) is 51.8 Å². The van der Waals surface area contributed by atoms with Gasteiger partial charge in [-0.2, -0.15) is 0 Å². The molecule has 0 radical (unpaired) electrons. The van der Waals surface area contributed by atoms with Crippen LogP contribution in [0.5, 0.6) is 0 Å². The summed E-state index contributed by atoms with van der Waals surface area (Å²) in [5, 5.41) is 17.5. The van der Waals surface area contributed by atoms with Crippen LogP contribution in [-0.4, -0.2) is 38.2 Å². The minimum absolute atomic E-state index is 0.0174. The lowest BCUT2D eigenvalue weighted by Gasteiger charge is -2.31. The molecule has 2 amide bonds. The molecule has 3 N–H and O–H groups in total. The van der Waals surface area contributed by atoms with E-state index in [1.54, 1.807) is 40.7 Å². The number of amides is 2. The number of carbonyl (C=O) groups excluding carboxylic acids is 3. The molecule has 4 heterocycles.